The summed E-state index contributed by atoms with van der Waals surface area (Å²) < 4.78 is 27.8. The van der Waals surface area contributed by atoms with Crippen LogP contribution in [0.2, 0.25) is 0 Å². The average molecular weight is 341 g/mol. The van der Waals surface area contributed by atoms with Gasteiger partial charge >= 0.3 is 0 Å². The molecule has 1 aromatic heterocycles. The predicted octanol–water partition coefficient (Wildman–Crippen LogP) is -0.534. The highest BCUT2D eigenvalue weighted by Gasteiger charge is 2.29. The zero-order chi connectivity index (χ0) is 17.0. The van der Waals surface area contributed by atoms with Crippen LogP contribution in [-0.2, 0) is 14.6 Å². The first-order valence-corrected chi connectivity index (χ1v) is 8.95. The molecule has 126 valence electrons. The number of ether oxygens (including phenoxy) is 1. The minimum absolute atomic E-state index is 0.0458. The highest BCUT2D eigenvalue weighted by molar-refractivity contribution is 7.91. The predicted molar refractivity (Wildman–Crippen MR) is 83.0 cm³/mol. The van der Waals surface area contributed by atoms with Crippen molar-refractivity contribution in [3.63, 3.8) is 0 Å². The summed E-state index contributed by atoms with van der Waals surface area (Å²) >= 11 is 0. The summed E-state index contributed by atoms with van der Waals surface area (Å²) in [6.07, 6.45) is 1.50. The van der Waals surface area contributed by atoms with Gasteiger partial charge in [-0.2, -0.15) is 0 Å². The summed E-state index contributed by atoms with van der Waals surface area (Å²) in [7, 11) is -1.65. The van der Waals surface area contributed by atoms with E-state index in [2.05, 4.69) is 10.3 Å². The fraction of sp³-hybridized carbons (Fsp3) is 0.500. The van der Waals surface area contributed by atoms with Crippen molar-refractivity contribution in [2.75, 3.05) is 31.7 Å². The molecule has 1 saturated heterocycles. The van der Waals surface area contributed by atoms with Crippen LogP contribution in [0.15, 0.2) is 18.3 Å². The van der Waals surface area contributed by atoms with Crippen molar-refractivity contribution >= 4 is 21.7 Å². The minimum Gasteiger partial charge on any atom is -0.480 e. The lowest BCUT2D eigenvalue weighted by molar-refractivity contribution is -0.132. The van der Waals surface area contributed by atoms with Gasteiger partial charge < -0.3 is 15.0 Å². The molecule has 1 aliphatic rings. The molecule has 1 N–H and O–H groups in total. The summed E-state index contributed by atoms with van der Waals surface area (Å²) in [5.74, 6) is -0.698. The molecule has 1 aromatic rings. The molecule has 0 radical (unpaired) electrons. The van der Waals surface area contributed by atoms with Gasteiger partial charge in [0.25, 0.3) is 5.91 Å². The van der Waals surface area contributed by atoms with E-state index in [0.717, 1.165) is 0 Å². The normalized spacial score (nSPS) is 18.1. The Balaban J connectivity index is 1.99. The monoisotopic (exact) mass is 341 g/mol. The second-order valence-electron chi connectivity index (χ2n) is 5.23. The zero-order valence-corrected chi connectivity index (χ0v) is 13.8. The van der Waals surface area contributed by atoms with Crippen LogP contribution in [0.3, 0.4) is 0 Å². The Morgan fingerprint density at radius 2 is 2.00 bits per heavy atom. The van der Waals surface area contributed by atoms with E-state index in [1.165, 1.54) is 18.2 Å². The summed E-state index contributed by atoms with van der Waals surface area (Å²) in [6.45, 7) is 1.86. The Morgan fingerprint density at radius 1 is 1.35 bits per heavy atom. The second-order valence-corrected chi connectivity index (χ2v) is 7.54. The first-order chi connectivity index (χ1) is 10.8. The van der Waals surface area contributed by atoms with Gasteiger partial charge in [0.15, 0.2) is 9.84 Å². The molecule has 0 bridgehead atoms. The van der Waals surface area contributed by atoms with Gasteiger partial charge in [0, 0.05) is 19.3 Å². The van der Waals surface area contributed by atoms with Gasteiger partial charge in [-0.3, -0.25) is 9.59 Å². The second kappa shape index (κ2) is 6.95. The third kappa shape index (κ3) is 4.19. The molecule has 0 saturated carbocycles. The maximum absolute atomic E-state index is 12.3. The summed E-state index contributed by atoms with van der Waals surface area (Å²) in [6, 6.07) is 2.37. The number of methoxy groups -OCH3 is 1. The van der Waals surface area contributed by atoms with Gasteiger partial charge in [0.05, 0.1) is 18.6 Å². The lowest BCUT2D eigenvalue weighted by atomic mass is 10.2. The third-order valence-electron chi connectivity index (χ3n) is 3.58. The average Bonchev–Trinajstić information content (AvgIpc) is 2.54. The van der Waals surface area contributed by atoms with Crippen LogP contribution in [0.5, 0.6) is 5.88 Å². The Labute approximate surface area is 134 Å². The van der Waals surface area contributed by atoms with Crippen molar-refractivity contribution in [2.24, 2.45) is 0 Å². The van der Waals surface area contributed by atoms with Gasteiger partial charge in [-0.1, -0.05) is 0 Å². The van der Waals surface area contributed by atoms with Gasteiger partial charge in [0.2, 0.25) is 11.8 Å². The van der Waals surface area contributed by atoms with E-state index in [9.17, 15) is 18.0 Å². The zero-order valence-electron chi connectivity index (χ0n) is 13.0. The first-order valence-electron chi connectivity index (χ1n) is 7.13. The fourth-order valence-electron chi connectivity index (χ4n) is 2.27. The van der Waals surface area contributed by atoms with E-state index in [1.807, 2.05) is 0 Å². The number of hydrogen-bond donors (Lipinski definition) is 1. The quantitative estimate of drug-likeness (QED) is 0.789. The Kier molecular flexibility index (Phi) is 5.19. The number of nitrogens with one attached hydrogen (secondary N) is 1. The summed E-state index contributed by atoms with van der Waals surface area (Å²) in [4.78, 5) is 29.9. The molecule has 1 aliphatic heterocycles. The van der Waals surface area contributed by atoms with Crippen LogP contribution >= 0.6 is 0 Å². The van der Waals surface area contributed by atoms with Crippen molar-refractivity contribution in [3.05, 3.63) is 23.9 Å². The minimum atomic E-state index is -3.06. The van der Waals surface area contributed by atoms with E-state index in [0.29, 0.717) is 0 Å². The number of sulfone groups is 1. The van der Waals surface area contributed by atoms with Crippen LogP contribution in [0, 0.1) is 0 Å². The van der Waals surface area contributed by atoms with E-state index < -0.39 is 21.8 Å². The van der Waals surface area contributed by atoms with Crippen molar-refractivity contribution in [2.45, 2.75) is 13.0 Å². The standard InChI is InChI=1S/C14H19N3O5S/c1-10(14(19)17-6-8-23(20,21)9-7-17)16-12(18)11-4-3-5-15-13(11)22-2/h3-5,10H,6-9H2,1-2H3,(H,16,18). The first kappa shape index (κ1) is 17.2. The molecule has 2 rings (SSSR count). The van der Waals surface area contributed by atoms with Crippen LogP contribution in [-0.4, -0.2) is 67.9 Å². The summed E-state index contributed by atoms with van der Waals surface area (Å²) in [5, 5.41) is 2.59. The van der Waals surface area contributed by atoms with Gasteiger partial charge in [-0.05, 0) is 19.1 Å². The molecule has 9 heteroatoms. The Hall–Kier alpha value is -2.16. The number of pyridine rings is 1. The topological polar surface area (TPSA) is 106 Å². The lowest BCUT2D eigenvalue weighted by Gasteiger charge is -2.29. The molecule has 1 unspecified atom stereocenters. The number of rotatable bonds is 4. The largest absolute Gasteiger partial charge is 0.480 e. The number of amides is 2. The van der Waals surface area contributed by atoms with E-state index >= 15 is 0 Å². The SMILES string of the molecule is COc1ncccc1C(=O)NC(C)C(=O)N1CCS(=O)(=O)CC1. The van der Waals surface area contributed by atoms with Crippen molar-refractivity contribution in [3.8, 4) is 5.88 Å². The van der Waals surface area contributed by atoms with Gasteiger partial charge in [-0.15, -0.1) is 0 Å². The maximum atomic E-state index is 12.3. The number of carbonyl (C=O) groups excluding carboxylic acids is 2. The van der Waals surface area contributed by atoms with Gasteiger partial charge in [0.1, 0.15) is 11.6 Å². The van der Waals surface area contributed by atoms with E-state index in [4.69, 9.17) is 4.74 Å². The van der Waals surface area contributed by atoms with E-state index in [1.54, 1.807) is 19.1 Å². The smallest absolute Gasteiger partial charge is 0.257 e. The Morgan fingerprint density at radius 3 is 2.61 bits per heavy atom. The maximum Gasteiger partial charge on any atom is 0.257 e. The van der Waals surface area contributed by atoms with Crippen LogP contribution < -0.4 is 10.1 Å². The molecule has 2 heterocycles. The molecule has 1 atom stereocenters. The molecule has 1 fully saturated rings. The Bertz CT molecular complexity index is 690. The van der Waals surface area contributed by atoms with Crippen molar-refractivity contribution in [1.82, 2.24) is 15.2 Å². The molecular weight excluding hydrogens is 322 g/mol. The number of hydrogen-bond acceptors (Lipinski definition) is 6. The van der Waals surface area contributed by atoms with Gasteiger partial charge in [-0.25, -0.2) is 13.4 Å². The highest BCUT2D eigenvalue weighted by Crippen LogP contribution is 2.14. The number of nitrogens with zero attached hydrogens (tertiary/aromatic N) is 2. The highest BCUT2D eigenvalue weighted by atomic mass is 32.2. The van der Waals surface area contributed by atoms with Crippen LogP contribution in [0.25, 0.3) is 0 Å². The van der Waals surface area contributed by atoms with Crippen LogP contribution in [0.4, 0.5) is 0 Å². The van der Waals surface area contributed by atoms with E-state index in [-0.39, 0.29) is 41.9 Å². The van der Waals surface area contributed by atoms with Crippen molar-refractivity contribution < 1.29 is 22.7 Å². The number of carbonyl (C=O) groups is 2. The molecule has 0 aliphatic carbocycles. The fourth-order valence-corrected chi connectivity index (χ4v) is 3.47. The molecule has 2 amide bonds. The number of aromatic nitrogens is 1. The van der Waals surface area contributed by atoms with Crippen molar-refractivity contribution in [1.29, 1.82) is 0 Å². The summed E-state index contributed by atoms with van der Waals surface area (Å²) in [5.41, 5.74) is 0.232. The molecular formula is C14H19N3O5S. The molecule has 8 nitrogen and oxygen atoms in total. The molecule has 0 spiro atoms. The lowest BCUT2D eigenvalue weighted by Crippen LogP contribution is -2.51. The molecule has 23 heavy (non-hydrogen) atoms. The molecule has 0 aromatic carbocycles. The third-order valence-corrected chi connectivity index (χ3v) is 5.19. The van der Waals surface area contributed by atoms with Crippen LogP contribution in [0.1, 0.15) is 17.3 Å².